The highest BCUT2D eigenvalue weighted by Gasteiger charge is 2.31. The Morgan fingerprint density at radius 2 is 1.81 bits per heavy atom. The summed E-state index contributed by atoms with van der Waals surface area (Å²) < 4.78 is 42.3. The summed E-state index contributed by atoms with van der Waals surface area (Å²) in [6.45, 7) is 3.97. The van der Waals surface area contributed by atoms with Gasteiger partial charge in [0.2, 0.25) is 0 Å². The van der Waals surface area contributed by atoms with E-state index in [0.29, 0.717) is 29.1 Å². The molecule has 3 heterocycles. The van der Waals surface area contributed by atoms with E-state index in [1.807, 2.05) is 6.92 Å². The largest absolute Gasteiger partial charge is 0.416 e. The van der Waals surface area contributed by atoms with Gasteiger partial charge in [-0.15, -0.1) is 5.10 Å². The number of likely N-dealkylation sites (tertiary alicyclic amines) is 1. The molecule has 0 bridgehead atoms. The molecular formula is C26H24F3N7O. The van der Waals surface area contributed by atoms with Gasteiger partial charge in [0.1, 0.15) is 12.0 Å². The average Bonchev–Trinajstić information content (AvgIpc) is 3.57. The normalized spacial score (nSPS) is 14.2. The highest BCUT2D eigenvalue weighted by molar-refractivity contribution is 6.04. The molecule has 1 N–H and O–H groups in total. The Hall–Kier alpha value is -4.12. The second-order valence-electron chi connectivity index (χ2n) is 9.03. The van der Waals surface area contributed by atoms with E-state index in [4.69, 9.17) is 0 Å². The van der Waals surface area contributed by atoms with Gasteiger partial charge < -0.3 is 5.32 Å². The van der Waals surface area contributed by atoms with Gasteiger partial charge in [-0.05, 0) is 74.3 Å². The molecule has 1 aliphatic heterocycles. The first-order valence-corrected chi connectivity index (χ1v) is 11.8. The predicted molar refractivity (Wildman–Crippen MR) is 131 cm³/mol. The Bertz CT molecular complexity index is 1410. The summed E-state index contributed by atoms with van der Waals surface area (Å²) in [7, 11) is 0. The summed E-state index contributed by atoms with van der Waals surface area (Å²) in [5.74, 6) is -0.524. The smallest absolute Gasteiger partial charge is 0.322 e. The SMILES string of the molecule is Cc1ccc(C(=O)Nc2cc(CN3CCCC3)cc(C(F)(F)F)c2)cc1-n1cc(-c2cncnc2)nn1. The minimum Gasteiger partial charge on any atom is -0.322 e. The molecule has 11 heteroatoms. The van der Waals surface area contributed by atoms with E-state index in [1.54, 1.807) is 42.9 Å². The molecule has 1 saturated heterocycles. The molecule has 0 spiro atoms. The van der Waals surface area contributed by atoms with Crippen LogP contribution >= 0.6 is 0 Å². The van der Waals surface area contributed by atoms with Gasteiger partial charge in [-0.2, -0.15) is 13.2 Å². The number of rotatable bonds is 6. The highest BCUT2D eigenvalue weighted by Crippen LogP contribution is 2.33. The van der Waals surface area contributed by atoms with Crippen LogP contribution in [0.5, 0.6) is 0 Å². The third-order valence-corrected chi connectivity index (χ3v) is 6.25. The number of amides is 1. The Balaban J connectivity index is 1.40. The van der Waals surface area contributed by atoms with Crippen LogP contribution < -0.4 is 5.32 Å². The number of hydrogen-bond donors (Lipinski definition) is 1. The van der Waals surface area contributed by atoms with Gasteiger partial charge in [0.15, 0.2) is 0 Å². The van der Waals surface area contributed by atoms with Crippen LogP contribution in [-0.2, 0) is 12.7 Å². The van der Waals surface area contributed by atoms with Gasteiger partial charge in [0.05, 0.1) is 17.4 Å². The summed E-state index contributed by atoms with van der Waals surface area (Å²) in [4.78, 5) is 23.2. The number of hydrogen-bond acceptors (Lipinski definition) is 6. The highest BCUT2D eigenvalue weighted by atomic mass is 19.4. The summed E-state index contributed by atoms with van der Waals surface area (Å²) in [6.07, 6.45) is 3.89. The monoisotopic (exact) mass is 507 g/mol. The number of carbonyl (C=O) groups is 1. The molecule has 0 saturated carbocycles. The molecule has 0 atom stereocenters. The molecule has 37 heavy (non-hydrogen) atoms. The lowest BCUT2D eigenvalue weighted by Crippen LogP contribution is -2.20. The summed E-state index contributed by atoms with van der Waals surface area (Å²) in [5.41, 5.74) is 2.80. The standard InChI is InChI=1S/C26H24F3N7O/c1-17-4-5-19(10-24(17)36-15-23(33-34-36)20-12-30-16-31-13-20)25(37)32-22-9-18(14-35-6-2-3-7-35)8-21(11-22)26(27,28)29/h4-5,8-13,15-16H,2-3,6-7,14H2,1H3,(H,32,37). The predicted octanol–water partition coefficient (Wildman–Crippen LogP) is 4.90. The molecule has 190 valence electrons. The Labute approximate surface area is 211 Å². The zero-order valence-electron chi connectivity index (χ0n) is 20.0. The van der Waals surface area contributed by atoms with Crippen LogP contribution in [0.3, 0.4) is 0 Å². The molecule has 0 radical (unpaired) electrons. The number of halogens is 3. The maximum Gasteiger partial charge on any atom is 0.416 e. The Morgan fingerprint density at radius 1 is 1.05 bits per heavy atom. The van der Waals surface area contributed by atoms with Gasteiger partial charge in [0, 0.05) is 35.8 Å². The fourth-order valence-electron chi connectivity index (χ4n) is 4.36. The summed E-state index contributed by atoms with van der Waals surface area (Å²) in [5, 5.41) is 11.0. The molecule has 0 unspecified atom stereocenters. The van der Waals surface area contributed by atoms with Crippen molar-refractivity contribution >= 4 is 11.6 Å². The van der Waals surface area contributed by atoms with Gasteiger partial charge in [-0.3, -0.25) is 9.69 Å². The minimum absolute atomic E-state index is 0.100. The van der Waals surface area contributed by atoms with Crippen LogP contribution in [0.2, 0.25) is 0 Å². The van der Waals surface area contributed by atoms with Crippen molar-refractivity contribution < 1.29 is 18.0 Å². The number of anilines is 1. The number of nitrogens with one attached hydrogen (secondary N) is 1. The third-order valence-electron chi connectivity index (χ3n) is 6.25. The zero-order chi connectivity index (χ0) is 26.0. The number of benzene rings is 2. The molecular weight excluding hydrogens is 483 g/mol. The van der Waals surface area contributed by atoms with Gasteiger partial charge in [-0.25, -0.2) is 14.6 Å². The van der Waals surface area contributed by atoms with Crippen molar-refractivity contribution in [3.05, 3.63) is 83.6 Å². The lowest BCUT2D eigenvalue weighted by molar-refractivity contribution is -0.137. The quantitative estimate of drug-likeness (QED) is 0.399. The second-order valence-corrected chi connectivity index (χ2v) is 9.03. The van der Waals surface area contributed by atoms with E-state index in [1.165, 1.54) is 11.0 Å². The molecule has 0 aliphatic carbocycles. The van der Waals surface area contributed by atoms with Crippen molar-refractivity contribution in [2.75, 3.05) is 18.4 Å². The van der Waals surface area contributed by atoms with Gasteiger partial charge in [0.25, 0.3) is 5.91 Å². The van der Waals surface area contributed by atoms with E-state index in [0.717, 1.165) is 43.6 Å². The maximum absolute atomic E-state index is 13.6. The molecule has 8 nitrogen and oxygen atoms in total. The average molecular weight is 508 g/mol. The summed E-state index contributed by atoms with van der Waals surface area (Å²) >= 11 is 0. The maximum atomic E-state index is 13.6. The number of aromatic nitrogens is 5. The number of alkyl halides is 3. The van der Waals surface area contributed by atoms with Crippen LogP contribution in [0.4, 0.5) is 18.9 Å². The van der Waals surface area contributed by atoms with Crippen molar-refractivity contribution in [2.24, 2.45) is 0 Å². The molecule has 1 fully saturated rings. The van der Waals surface area contributed by atoms with Crippen LogP contribution in [0, 0.1) is 6.92 Å². The van der Waals surface area contributed by atoms with Crippen molar-refractivity contribution in [3.63, 3.8) is 0 Å². The van der Waals surface area contributed by atoms with E-state index in [2.05, 4.69) is 30.5 Å². The van der Waals surface area contributed by atoms with Crippen LogP contribution in [0.25, 0.3) is 16.9 Å². The van der Waals surface area contributed by atoms with E-state index >= 15 is 0 Å². The first-order chi connectivity index (χ1) is 17.8. The fourth-order valence-corrected chi connectivity index (χ4v) is 4.36. The zero-order valence-corrected chi connectivity index (χ0v) is 20.0. The van der Waals surface area contributed by atoms with E-state index < -0.39 is 17.6 Å². The Morgan fingerprint density at radius 3 is 2.54 bits per heavy atom. The van der Waals surface area contributed by atoms with Gasteiger partial charge >= 0.3 is 6.18 Å². The molecule has 1 aliphatic rings. The van der Waals surface area contributed by atoms with E-state index in [-0.39, 0.29) is 11.3 Å². The second kappa shape index (κ2) is 10.1. The van der Waals surface area contributed by atoms with Crippen LogP contribution in [0.15, 0.2) is 61.3 Å². The topological polar surface area (TPSA) is 88.8 Å². The number of aryl methyl sites for hydroxylation is 1. The molecule has 4 aromatic rings. The minimum atomic E-state index is -4.52. The van der Waals surface area contributed by atoms with Crippen molar-refractivity contribution in [2.45, 2.75) is 32.5 Å². The first-order valence-electron chi connectivity index (χ1n) is 11.8. The Kier molecular flexibility index (Phi) is 6.70. The molecule has 1 amide bonds. The molecule has 2 aromatic heterocycles. The molecule has 2 aromatic carbocycles. The number of nitrogens with zero attached hydrogens (tertiary/aromatic N) is 6. The fraction of sp³-hybridized carbons (Fsp3) is 0.269. The van der Waals surface area contributed by atoms with Crippen LogP contribution in [-0.4, -0.2) is 48.9 Å². The van der Waals surface area contributed by atoms with E-state index in [9.17, 15) is 18.0 Å². The van der Waals surface area contributed by atoms with Crippen molar-refractivity contribution in [3.8, 4) is 16.9 Å². The molecule has 5 rings (SSSR count). The summed E-state index contributed by atoms with van der Waals surface area (Å²) in [6, 6.07) is 8.72. The lowest BCUT2D eigenvalue weighted by atomic mass is 10.1. The van der Waals surface area contributed by atoms with Crippen LogP contribution in [0.1, 0.15) is 39.9 Å². The lowest BCUT2D eigenvalue weighted by Gasteiger charge is -2.18. The van der Waals surface area contributed by atoms with Gasteiger partial charge in [-0.1, -0.05) is 11.3 Å². The first kappa shape index (κ1) is 24.6. The van der Waals surface area contributed by atoms with Crippen molar-refractivity contribution in [1.29, 1.82) is 0 Å². The van der Waals surface area contributed by atoms with Crippen molar-refractivity contribution in [1.82, 2.24) is 29.9 Å². The third kappa shape index (κ3) is 5.67. The number of carbonyl (C=O) groups excluding carboxylic acids is 1.